The Morgan fingerprint density at radius 1 is 0.711 bits per heavy atom. The van der Waals surface area contributed by atoms with Gasteiger partial charge in [-0.05, 0) is 78.6 Å². The zero-order valence-corrected chi connectivity index (χ0v) is 23.6. The number of benzene rings is 4. The number of halogens is 11. The van der Waals surface area contributed by atoms with Crippen LogP contribution in [0.1, 0.15) is 42.0 Å². The molecule has 236 valence electrons. The predicted octanol–water partition coefficient (Wildman–Crippen LogP) is 10.5. The van der Waals surface area contributed by atoms with E-state index in [1.54, 1.807) is 0 Å². The van der Waals surface area contributed by atoms with Gasteiger partial charge in [0.25, 0.3) is 0 Å². The maximum absolute atomic E-state index is 14.9. The fourth-order valence-electron chi connectivity index (χ4n) is 4.16. The van der Waals surface area contributed by atoms with Gasteiger partial charge in [0.05, 0.1) is 10.6 Å². The third-order valence-corrected chi connectivity index (χ3v) is 6.53. The van der Waals surface area contributed by atoms with Crippen LogP contribution in [0.5, 0.6) is 11.5 Å². The summed E-state index contributed by atoms with van der Waals surface area (Å²) in [5.74, 6) is -3.75. The van der Waals surface area contributed by atoms with E-state index in [9.17, 15) is 43.9 Å². The Bertz CT molecular complexity index is 1750. The van der Waals surface area contributed by atoms with Crippen LogP contribution in [-0.4, -0.2) is 6.36 Å². The molecule has 0 aliphatic carbocycles. The molecule has 0 heterocycles. The molecule has 4 aromatic rings. The summed E-state index contributed by atoms with van der Waals surface area (Å²) < 4.78 is 148. The zero-order chi connectivity index (χ0) is 33.1. The summed E-state index contributed by atoms with van der Waals surface area (Å²) in [5, 5.41) is -0.840. The topological polar surface area (TPSA) is 18.5 Å². The Hall–Kier alpha value is -4.37. The fourth-order valence-corrected chi connectivity index (χ4v) is 4.41. The number of aryl methyl sites for hydroxylation is 1. The van der Waals surface area contributed by atoms with Gasteiger partial charge in [0, 0.05) is 17.2 Å². The van der Waals surface area contributed by atoms with Gasteiger partial charge in [-0.25, -0.2) is 22.0 Å². The maximum Gasteiger partial charge on any atom is 0.573 e. The Morgan fingerprint density at radius 2 is 1.40 bits per heavy atom. The van der Waals surface area contributed by atoms with Gasteiger partial charge in [-0.1, -0.05) is 36.8 Å². The van der Waals surface area contributed by atoms with Gasteiger partial charge in [-0.2, -0.15) is 8.78 Å². The van der Waals surface area contributed by atoms with Crippen LogP contribution in [0.15, 0.2) is 60.7 Å². The standard InChI is InChI=1S/C32H19ClF10O2/c1-2-3-4-18-12-25(34)22(26(35)13-18)8-5-17-6-10-23(28(37)11-17)31(39,40)44-20-7-9-21(27(36)16-20)19-14-24(33)30(29(38)15-19)45-32(41,42)43/h6-7,9-16H,2-4H2,1H3. The Balaban J connectivity index is 1.53. The Morgan fingerprint density at radius 3 is 1.98 bits per heavy atom. The number of unbranched alkanes of at least 4 members (excludes halogenated alkanes) is 1. The van der Waals surface area contributed by atoms with Crippen molar-refractivity contribution >= 4 is 11.6 Å². The smallest absolute Gasteiger partial charge is 0.429 e. The molecule has 0 aliphatic rings. The van der Waals surface area contributed by atoms with E-state index < -0.39 is 74.8 Å². The first-order valence-corrected chi connectivity index (χ1v) is 13.4. The molecule has 0 amide bonds. The molecule has 0 saturated heterocycles. The van der Waals surface area contributed by atoms with Gasteiger partial charge in [-0.3, -0.25) is 0 Å². The summed E-state index contributed by atoms with van der Waals surface area (Å²) in [4.78, 5) is 0. The van der Waals surface area contributed by atoms with Crippen molar-refractivity contribution in [1.82, 2.24) is 0 Å². The first-order valence-electron chi connectivity index (χ1n) is 13.0. The minimum Gasteiger partial charge on any atom is -0.429 e. The molecule has 13 heteroatoms. The van der Waals surface area contributed by atoms with Crippen molar-refractivity contribution in [2.45, 2.75) is 38.7 Å². The number of alkyl halides is 5. The molecule has 0 saturated carbocycles. The third kappa shape index (κ3) is 8.22. The fraction of sp³-hybridized carbons (Fsp3) is 0.188. The lowest BCUT2D eigenvalue weighted by Gasteiger charge is -2.19. The first-order chi connectivity index (χ1) is 21.1. The number of hydrogen-bond acceptors (Lipinski definition) is 2. The van der Waals surface area contributed by atoms with E-state index in [-0.39, 0.29) is 11.1 Å². The third-order valence-electron chi connectivity index (χ3n) is 6.25. The van der Waals surface area contributed by atoms with E-state index in [1.807, 2.05) is 6.92 Å². The highest BCUT2D eigenvalue weighted by Gasteiger charge is 2.38. The molecule has 0 fully saturated rings. The van der Waals surface area contributed by atoms with Crippen LogP contribution in [-0.2, 0) is 12.5 Å². The van der Waals surface area contributed by atoms with Crippen molar-refractivity contribution in [2.24, 2.45) is 0 Å². The number of ether oxygens (including phenoxy) is 2. The van der Waals surface area contributed by atoms with Crippen molar-refractivity contribution in [3.05, 3.63) is 117 Å². The summed E-state index contributed by atoms with van der Waals surface area (Å²) >= 11 is 5.65. The van der Waals surface area contributed by atoms with E-state index >= 15 is 0 Å². The van der Waals surface area contributed by atoms with Gasteiger partial charge in [0.15, 0.2) is 11.6 Å². The monoisotopic (exact) mass is 660 g/mol. The van der Waals surface area contributed by atoms with E-state index in [1.165, 1.54) is 0 Å². The minimum absolute atomic E-state index is 0.186. The quantitative estimate of drug-likeness (QED) is 0.138. The molecule has 0 radical (unpaired) electrons. The molecule has 4 rings (SSSR count). The molecule has 0 aromatic heterocycles. The molecular weight excluding hydrogens is 642 g/mol. The average Bonchev–Trinajstić information content (AvgIpc) is 2.92. The SMILES string of the molecule is CCCCc1cc(F)c(C#Cc2ccc(C(F)(F)Oc3ccc(-c4cc(F)c(OC(F)(F)F)c(Cl)c4)c(F)c3)c(F)c2)c(F)c1. The van der Waals surface area contributed by atoms with Crippen molar-refractivity contribution in [3.63, 3.8) is 0 Å². The molecule has 4 aromatic carbocycles. The lowest BCUT2D eigenvalue weighted by atomic mass is 10.0. The van der Waals surface area contributed by atoms with Crippen molar-refractivity contribution in [1.29, 1.82) is 0 Å². The lowest BCUT2D eigenvalue weighted by molar-refractivity contribution is -0.275. The van der Waals surface area contributed by atoms with E-state index in [2.05, 4.69) is 21.3 Å². The highest BCUT2D eigenvalue weighted by molar-refractivity contribution is 6.32. The van der Waals surface area contributed by atoms with E-state index in [4.69, 9.17) is 11.6 Å². The van der Waals surface area contributed by atoms with Crippen LogP contribution >= 0.6 is 11.6 Å². The van der Waals surface area contributed by atoms with Gasteiger partial charge in [0.1, 0.15) is 34.6 Å². The molecule has 0 spiro atoms. The molecule has 45 heavy (non-hydrogen) atoms. The summed E-state index contributed by atoms with van der Waals surface area (Å²) in [5.41, 5.74) is -2.38. The zero-order valence-electron chi connectivity index (χ0n) is 22.9. The number of rotatable bonds is 8. The highest BCUT2D eigenvalue weighted by atomic mass is 35.5. The van der Waals surface area contributed by atoms with Crippen molar-refractivity contribution in [2.75, 3.05) is 0 Å². The van der Waals surface area contributed by atoms with Gasteiger partial charge in [-0.15, -0.1) is 13.2 Å². The lowest BCUT2D eigenvalue weighted by Crippen LogP contribution is -2.23. The van der Waals surface area contributed by atoms with Crippen molar-refractivity contribution < 1.29 is 53.4 Å². The van der Waals surface area contributed by atoms with Crippen molar-refractivity contribution in [3.8, 4) is 34.5 Å². The van der Waals surface area contributed by atoms with E-state index in [0.717, 1.165) is 49.2 Å². The second kappa shape index (κ2) is 13.3. The predicted molar refractivity (Wildman–Crippen MR) is 145 cm³/mol. The highest BCUT2D eigenvalue weighted by Crippen LogP contribution is 2.39. The second-order valence-corrected chi connectivity index (χ2v) is 9.97. The van der Waals surface area contributed by atoms with Crippen LogP contribution in [0.3, 0.4) is 0 Å². The molecule has 2 nitrogen and oxygen atoms in total. The molecule has 0 aliphatic heterocycles. The van der Waals surface area contributed by atoms with Crippen LogP contribution in [0.25, 0.3) is 11.1 Å². The summed E-state index contributed by atoms with van der Waals surface area (Å²) in [6.45, 7) is 1.92. The van der Waals surface area contributed by atoms with Crippen LogP contribution < -0.4 is 9.47 Å². The van der Waals surface area contributed by atoms with Crippen LogP contribution in [0.2, 0.25) is 5.02 Å². The minimum atomic E-state index is -5.26. The number of hydrogen-bond donors (Lipinski definition) is 0. The normalized spacial score (nSPS) is 11.6. The maximum atomic E-state index is 14.9. The summed E-state index contributed by atoms with van der Waals surface area (Å²) in [6, 6.07) is 7.86. The van der Waals surface area contributed by atoms with Gasteiger partial charge >= 0.3 is 12.5 Å². The molecule has 0 bridgehead atoms. The van der Waals surface area contributed by atoms with Gasteiger partial charge in [0.2, 0.25) is 0 Å². The van der Waals surface area contributed by atoms with Gasteiger partial charge < -0.3 is 9.47 Å². The average molecular weight is 661 g/mol. The first kappa shape index (κ1) is 33.5. The molecule has 0 atom stereocenters. The Kier molecular flexibility index (Phi) is 9.92. The van der Waals surface area contributed by atoms with E-state index in [0.29, 0.717) is 36.2 Å². The molecule has 0 N–H and O–H groups in total. The molecular formula is C32H19ClF10O2. The van der Waals surface area contributed by atoms with Crippen LogP contribution in [0, 0.1) is 40.9 Å². The largest absolute Gasteiger partial charge is 0.573 e. The second-order valence-electron chi connectivity index (χ2n) is 9.56. The van der Waals surface area contributed by atoms with Crippen LogP contribution in [0.4, 0.5) is 43.9 Å². The Labute approximate surface area is 255 Å². The molecule has 0 unspecified atom stereocenters. The summed E-state index contributed by atoms with van der Waals surface area (Å²) in [6.07, 6.45) is -7.61. The summed E-state index contributed by atoms with van der Waals surface area (Å²) in [7, 11) is 0.